The zero-order valence-corrected chi connectivity index (χ0v) is 18.2. The summed E-state index contributed by atoms with van der Waals surface area (Å²) >= 11 is 0. The highest BCUT2D eigenvalue weighted by Gasteiger charge is 2.44. The minimum Gasteiger partial charge on any atom is -0.483 e. The highest BCUT2D eigenvalue weighted by atomic mass is 16.7. The number of nitrogens with zero attached hydrogens (tertiary/aromatic N) is 2. The number of aliphatic hydroxyl groups is 1. The van der Waals surface area contributed by atoms with Gasteiger partial charge in [-0.05, 0) is 18.4 Å². The van der Waals surface area contributed by atoms with Crippen LogP contribution in [-0.4, -0.2) is 74.4 Å². The van der Waals surface area contributed by atoms with Crippen LogP contribution in [0.3, 0.4) is 0 Å². The number of aliphatic imine (C=N–C) groups is 2. The predicted octanol–water partition coefficient (Wildman–Crippen LogP) is 2.19. The van der Waals surface area contributed by atoms with E-state index in [1.54, 1.807) is 14.0 Å². The quantitative estimate of drug-likeness (QED) is 0.759. The SMILES string of the molecule is COC1=N[C@H](C(C)C)C(OC)=N[C@H]1[C@H](O)[C@@H]1O[C@H](C)OC[C@H]1OCc1ccccc1. The number of hydrogen-bond acceptors (Lipinski definition) is 8. The van der Waals surface area contributed by atoms with Gasteiger partial charge in [0.25, 0.3) is 0 Å². The smallest absolute Gasteiger partial charge is 0.212 e. The Bertz CT molecular complexity index is 738. The van der Waals surface area contributed by atoms with Crippen molar-refractivity contribution >= 4 is 11.8 Å². The number of benzene rings is 1. The molecule has 2 aliphatic heterocycles. The van der Waals surface area contributed by atoms with Crippen molar-refractivity contribution in [1.29, 1.82) is 0 Å². The van der Waals surface area contributed by atoms with Gasteiger partial charge in [-0.2, -0.15) is 0 Å². The lowest BCUT2D eigenvalue weighted by atomic mass is 9.97. The van der Waals surface area contributed by atoms with Crippen molar-refractivity contribution in [2.45, 2.75) is 64.1 Å². The molecule has 0 bridgehead atoms. The van der Waals surface area contributed by atoms with Gasteiger partial charge < -0.3 is 28.8 Å². The van der Waals surface area contributed by atoms with Crippen LogP contribution >= 0.6 is 0 Å². The Labute approximate surface area is 177 Å². The number of rotatable bonds is 6. The second-order valence-electron chi connectivity index (χ2n) is 7.80. The van der Waals surface area contributed by atoms with E-state index in [1.165, 1.54) is 7.11 Å². The number of ether oxygens (including phenoxy) is 5. The van der Waals surface area contributed by atoms with E-state index in [1.807, 2.05) is 44.2 Å². The first kappa shape index (κ1) is 22.7. The normalized spacial score (nSPS) is 30.4. The Balaban J connectivity index is 1.79. The molecule has 0 unspecified atom stereocenters. The number of hydrogen-bond donors (Lipinski definition) is 1. The Kier molecular flexibility index (Phi) is 7.82. The summed E-state index contributed by atoms with van der Waals surface area (Å²) in [7, 11) is 3.09. The minimum atomic E-state index is -1.05. The fraction of sp³-hybridized carbons (Fsp3) is 0.636. The van der Waals surface area contributed by atoms with E-state index in [4.69, 9.17) is 23.7 Å². The molecular weight excluding hydrogens is 388 g/mol. The molecule has 1 fully saturated rings. The summed E-state index contributed by atoms with van der Waals surface area (Å²) in [5, 5.41) is 11.2. The van der Waals surface area contributed by atoms with Crippen molar-refractivity contribution in [2.75, 3.05) is 20.8 Å². The summed E-state index contributed by atoms with van der Waals surface area (Å²) in [6.07, 6.45) is -2.66. The van der Waals surface area contributed by atoms with Gasteiger partial charge in [-0.1, -0.05) is 44.2 Å². The summed E-state index contributed by atoms with van der Waals surface area (Å²) in [5.41, 5.74) is 1.03. The second kappa shape index (κ2) is 10.3. The lowest BCUT2D eigenvalue weighted by Crippen LogP contribution is -2.56. The summed E-state index contributed by atoms with van der Waals surface area (Å²) < 4.78 is 28.5. The van der Waals surface area contributed by atoms with Crippen LogP contribution in [0.25, 0.3) is 0 Å². The summed E-state index contributed by atoms with van der Waals surface area (Å²) in [6, 6.07) is 8.82. The van der Waals surface area contributed by atoms with Gasteiger partial charge >= 0.3 is 0 Å². The molecule has 8 nitrogen and oxygen atoms in total. The van der Waals surface area contributed by atoms with E-state index in [2.05, 4.69) is 9.98 Å². The summed E-state index contributed by atoms with van der Waals surface area (Å²) in [5.74, 6) is 0.997. The van der Waals surface area contributed by atoms with Gasteiger partial charge in [-0.25, -0.2) is 9.98 Å². The van der Waals surface area contributed by atoms with Crippen molar-refractivity contribution in [2.24, 2.45) is 15.9 Å². The molecule has 6 atom stereocenters. The Hall–Kier alpha value is -2.00. The molecule has 1 N–H and O–H groups in total. The predicted molar refractivity (Wildman–Crippen MR) is 113 cm³/mol. The highest BCUT2D eigenvalue weighted by Crippen LogP contribution is 2.26. The van der Waals surface area contributed by atoms with E-state index in [0.717, 1.165) is 5.56 Å². The van der Waals surface area contributed by atoms with E-state index in [-0.39, 0.29) is 12.0 Å². The van der Waals surface area contributed by atoms with Gasteiger partial charge in [0, 0.05) is 0 Å². The summed E-state index contributed by atoms with van der Waals surface area (Å²) in [4.78, 5) is 9.26. The first-order chi connectivity index (χ1) is 14.4. The van der Waals surface area contributed by atoms with Gasteiger partial charge in [0.05, 0.1) is 27.4 Å². The second-order valence-corrected chi connectivity index (χ2v) is 7.80. The van der Waals surface area contributed by atoms with Gasteiger partial charge in [-0.15, -0.1) is 0 Å². The molecule has 0 aromatic heterocycles. The molecule has 0 spiro atoms. The molecule has 1 aromatic rings. The molecule has 30 heavy (non-hydrogen) atoms. The van der Waals surface area contributed by atoms with E-state index < -0.39 is 30.6 Å². The Morgan fingerprint density at radius 1 is 1.07 bits per heavy atom. The van der Waals surface area contributed by atoms with Crippen LogP contribution < -0.4 is 0 Å². The molecule has 1 saturated heterocycles. The molecule has 3 rings (SSSR count). The molecule has 8 heteroatoms. The van der Waals surface area contributed by atoms with Gasteiger partial charge in [0.2, 0.25) is 11.8 Å². The average Bonchev–Trinajstić information content (AvgIpc) is 2.77. The molecule has 0 radical (unpaired) electrons. The third kappa shape index (κ3) is 5.18. The topological polar surface area (TPSA) is 91.1 Å². The zero-order chi connectivity index (χ0) is 21.7. The third-order valence-corrected chi connectivity index (χ3v) is 5.27. The first-order valence-electron chi connectivity index (χ1n) is 10.3. The largest absolute Gasteiger partial charge is 0.483 e. The monoisotopic (exact) mass is 420 g/mol. The van der Waals surface area contributed by atoms with Crippen molar-refractivity contribution in [3.8, 4) is 0 Å². The lowest BCUT2D eigenvalue weighted by Gasteiger charge is -2.40. The Morgan fingerprint density at radius 3 is 2.33 bits per heavy atom. The molecule has 166 valence electrons. The van der Waals surface area contributed by atoms with Crippen molar-refractivity contribution in [1.82, 2.24) is 0 Å². The molecule has 2 aliphatic rings. The van der Waals surface area contributed by atoms with Gasteiger partial charge in [0.1, 0.15) is 24.4 Å². The summed E-state index contributed by atoms with van der Waals surface area (Å²) in [6.45, 7) is 6.54. The van der Waals surface area contributed by atoms with Gasteiger partial charge in [-0.3, -0.25) is 0 Å². The van der Waals surface area contributed by atoms with Crippen LogP contribution in [0.15, 0.2) is 40.3 Å². The molecule has 0 aliphatic carbocycles. The van der Waals surface area contributed by atoms with Crippen LogP contribution in [0.4, 0.5) is 0 Å². The number of methoxy groups -OCH3 is 2. The van der Waals surface area contributed by atoms with Crippen LogP contribution in [-0.2, 0) is 30.3 Å². The third-order valence-electron chi connectivity index (χ3n) is 5.27. The van der Waals surface area contributed by atoms with Gasteiger partial charge in [0.15, 0.2) is 12.3 Å². The molecule has 0 amide bonds. The maximum Gasteiger partial charge on any atom is 0.212 e. The molecule has 2 heterocycles. The van der Waals surface area contributed by atoms with Crippen LogP contribution in [0.5, 0.6) is 0 Å². The van der Waals surface area contributed by atoms with E-state index in [9.17, 15) is 5.11 Å². The van der Waals surface area contributed by atoms with E-state index >= 15 is 0 Å². The fourth-order valence-corrected chi connectivity index (χ4v) is 3.61. The molecule has 0 saturated carbocycles. The zero-order valence-electron chi connectivity index (χ0n) is 18.2. The standard InChI is InChI=1S/C22H32N2O6/c1-13(2)17-21(26-4)24-18(22(23-17)27-5)19(25)20-16(12-28-14(3)30-20)29-11-15-9-7-6-8-10-15/h6-10,13-14,16-20,25H,11-12H2,1-5H3/t14-,16-,17-,18+,19+,20-/m1/s1. The van der Waals surface area contributed by atoms with Crippen molar-refractivity contribution < 1.29 is 28.8 Å². The van der Waals surface area contributed by atoms with Crippen molar-refractivity contribution in [3.05, 3.63) is 35.9 Å². The maximum absolute atomic E-state index is 11.2. The fourth-order valence-electron chi connectivity index (χ4n) is 3.61. The average molecular weight is 421 g/mol. The van der Waals surface area contributed by atoms with Crippen LogP contribution in [0.2, 0.25) is 0 Å². The molecule has 1 aromatic carbocycles. The van der Waals surface area contributed by atoms with Crippen molar-refractivity contribution in [3.63, 3.8) is 0 Å². The Morgan fingerprint density at radius 2 is 1.70 bits per heavy atom. The highest BCUT2D eigenvalue weighted by molar-refractivity contribution is 5.94. The molecular formula is C22H32N2O6. The van der Waals surface area contributed by atoms with Crippen LogP contribution in [0, 0.1) is 5.92 Å². The van der Waals surface area contributed by atoms with Crippen LogP contribution in [0.1, 0.15) is 26.3 Å². The van der Waals surface area contributed by atoms with E-state index in [0.29, 0.717) is 25.0 Å². The maximum atomic E-state index is 11.2. The lowest BCUT2D eigenvalue weighted by molar-refractivity contribution is -0.275. The number of aliphatic hydroxyl groups excluding tert-OH is 1. The first-order valence-corrected chi connectivity index (χ1v) is 10.3. The minimum absolute atomic E-state index is 0.174.